The van der Waals surface area contributed by atoms with Crippen molar-refractivity contribution in [2.75, 3.05) is 26.2 Å². The number of benzene rings is 1. The van der Waals surface area contributed by atoms with Crippen LogP contribution in [0, 0.1) is 4.77 Å². The molecule has 0 spiro atoms. The van der Waals surface area contributed by atoms with Crippen LogP contribution in [0.4, 0.5) is 0 Å². The minimum atomic E-state index is -3.47. The lowest BCUT2D eigenvalue weighted by Gasteiger charge is -2.31. The highest BCUT2D eigenvalue weighted by molar-refractivity contribution is 7.89. The van der Waals surface area contributed by atoms with Gasteiger partial charge in [0.25, 0.3) is 0 Å². The zero-order chi connectivity index (χ0) is 18.0. The maximum atomic E-state index is 12.7. The fourth-order valence-electron chi connectivity index (χ4n) is 2.87. The van der Waals surface area contributed by atoms with E-state index in [9.17, 15) is 8.42 Å². The lowest BCUT2D eigenvalue weighted by Crippen LogP contribution is -3.14. The van der Waals surface area contributed by atoms with E-state index in [4.69, 9.17) is 23.8 Å². The summed E-state index contributed by atoms with van der Waals surface area (Å²) < 4.78 is 31.3. The summed E-state index contributed by atoms with van der Waals surface area (Å²) in [5, 5.41) is 4.84. The highest BCUT2D eigenvalue weighted by atomic mass is 35.5. The lowest BCUT2D eigenvalue weighted by atomic mass is 10.4. The predicted molar refractivity (Wildman–Crippen MR) is 97.6 cm³/mol. The zero-order valence-corrected chi connectivity index (χ0v) is 16.3. The van der Waals surface area contributed by atoms with E-state index in [1.165, 1.54) is 9.21 Å². The summed E-state index contributed by atoms with van der Waals surface area (Å²) in [7, 11) is -3.47. The van der Waals surface area contributed by atoms with Crippen LogP contribution in [0.3, 0.4) is 0 Å². The van der Waals surface area contributed by atoms with Crippen molar-refractivity contribution in [2.45, 2.75) is 25.0 Å². The molecule has 2 aromatic rings. The van der Waals surface area contributed by atoms with Crippen LogP contribution in [0.1, 0.15) is 6.92 Å². The van der Waals surface area contributed by atoms with Crippen LogP contribution in [-0.4, -0.2) is 53.2 Å². The Morgan fingerprint density at radius 2 is 1.88 bits per heavy atom. The van der Waals surface area contributed by atoms with Crippen LogP contribution in [0.25, 0.3) is 0 Å². The van der Waals surface area contributed by atoms with E-state index < -0.39 is 10.0 Å². The first-order valence-electron chi connectivity index (χ1n) is 8.13. The van der Waals surface area contributed by atoms with E-state index >= 15 is 0 Å². The lowest BCUT2D eigenvalue weighted by molar-refractivity contribution is -0.926. The van der Waals surface area contributed by atoms with Crippen LogP contribution >= 0.6 is 23.8 Å². The fraction of sp³-hybridized carbons (Fsp3) is 0.467. The molecule has 1 saturated heterocycles. The Labute approximate surface area is 157 Å². The monoisotopic (exact) mass is 402 g/mol. The number of nitrogens with one attached hydrogen (secondary N) is 1. The molecule has 136 valence electrons. The largest absolute Gasteiger partial charge is 0.314 e. The van der Waals surface area contributed by atoms with Gasteiger partial charge in [-0.15, -0.1) is 0 Å². The second kappa shape index (κ2) is 7.55. The van der Waals surface area contributed by atoms with Crippen molar-refractivity contribution in [1.82, 2.24) is 18.7 Å². The molecule has 3 rings (SSSR count). The van der Waals surface area contributed by atoms with Gasteiger partial charge in [-0.3, -0.25) is 0 Å². The molecule has 0 radical (unpaired) electrons. The number of aromatic nitrogens is 3. The van der Waals surface area contributed by atoms with E-state index in [0.29, 0.717) is 42.6 Å². The first-order valence-corrected chi connectivity index (χ1v) is 10.4. The molecule has 10 heteroatoms. The molecule has 0 saturated carbocycles. The summed E-state index contributed by atoms with van der Waals surface area (Å²) in [6, 6.07) is 6.30. The molecule has 0 atom stereocenters. The third-order valence-corrected chi connectivity index (χ3v) is 7.00. The summed E-state index contributed by atoms with van der Waals surface area (Å²) in [6.07, 6.45) is 1.74. The highest BCUT2D eigenvalue weighted by Crippen LogP contribution is 2.18. The number of piperazine rings is 1. The highest BCUT2D eigenvalue weighted by Gasteiger charge is 2.30. The minimum absolute atomic E-state index is 0.282. The summed E-state index contributed by atoms with van der Waals surface area (Å²) in [4.78, 5) is 1.55. The minimum Gasteiger partial charge on any atom is -0.314 e. The predicted octanol–water partition coefficient (Wildman–Crippen LogP) is 0.634. The maximum absolute atomic E-state index is 12.7. The van der Waals surface area contributed by atoms with Gasteiger partial charge in [-0.05, 0) is 43.4 Å². The van der Waals surface area contributed by atoms with Gasteiger partial charge >= 0.3 is 0 Å². The van der Waals surface area contributed by atoms with Crippen LogP contribution < -0.4 is 4.90 Å². The number of aryl methyl sites for hydroxylation is 1. The number of rotatable bonds is 5. The Balaban J connectivity index is 1.64. The molecule has 1 aliphatic heterocycles. The van der Waals surface area contributed by atoms with Crippen LogP contribution in [-0.2, 0) is 23.2 Å². The average molecular weight is 403 g/mol. The van der Waals surface area contributed by atoms with Crippen molar-refractivity contribution in [3.8, 4) is 0 Å². The molecule has 1 fully saturated rings. The van der Waals surface area contributed by atoms with Crippen molar-refractivity contribution in [1.29, 1.82) is 0 Å². The Bertz CT molecular complexity index is 883. The van der Waals surface area contributed by atoms with E-state index in [0.717, 1.165) is 6.54 Å². The second-order valence-electron chi connectivity index (χ2n) is 5.97. The summed E-state index contributed by atoms with van der Waals surface area (Å²) in [5.41, 5.74) is 0. The van der Waals surface area contributed by atoms with Crippen molar-refractivity contribution >= 4 is 33.8 Å². The molecular weight excluding hydrogens is 382 g/mol. The van der Waals surface area contributed by atoms with Gasteiger partial charge in [0.1, 0.15) is 6.33 Å². The van der Waals surface area contributed by atoms with E-state index in [1.807, 2.05) is 11.5 Å². The Hall–Kier alpha value is -1.26. The van der Waals surface area contributed by atoms with E-state index in [1.54, 1.807) is 35.3 Å². The van der Waals surface area contributed by atoms with Crippen molar-refractivity contribution in [3.05, 3.63) is 40.4 Å². The third-order valence-electron chi connectivity index (χ3n) is 4.39. The van der Waals surface area contributed by atoms with Gasteiger partial charge in [-0.1, -0.05) is 11.6 Å². The molecule has 2 heterocycles. The molecule has 1 N–H and O–H groups in total. The van der Waals surface area contributed by atoms with Gasteiger partial charge in [0, 0.05) is 11.6 Å². The fourth-order valence-corrected chi connectivity index (χ4v) is 4.72. The second-order valence-corrected chi connectivity index (χ2v) is 8.70. The molecule has 0 amide bonds. The van der Waals surface area contributed by atoms with Gasteiger partial charge in [0.15, 0.2) is 6.67 Å². The smallest absolute Gasteiger partial charge is 0.243 e. The van der Waals surface area contributed by atoms with Gasteiger partial charge in [-0.2, -0.15) is 14.1 Å². The summed E-state index contributed by atoms with van der Waals surface area (Å²) in [6.45, 7) is 5.85. The number of halogens is 1. The molecule has 25 heavy (non-hydrogen) atoms. The third kappa shape index (κ3) is 3.95. The molecule has 0 bridgehead atoms. The van der Waals surface area contributed by atoms with Crippen molar-refractivity contribution in [2.24, 2.45) is 0 Å². The standard InChI is InChI=1S/C15H20ClN5O2S2/c1-2-19-11-17-21(15(19)24)12-18-7-9-20(10-8-18)25(22,23)14-5-3-13(16)4-6-14/h3-6,11H,2,7-10,12H2,1H3/p+1. The molecule has 1 aromatic carbocycles. The zero-order valence-electron chi connectivity index (χ0n) is 13.9. The van der Waals surface area contributed by atoms with Crippen molar-refractivity contribution < 1.29 is 13.3 Å². The van der Waals surface area contributed by atoms with Gasteiger partial charge in [-0.25, -0.2) is 8.42 Å². The molecular formula is C15H21ClN5O2S2+. The molecule has 1 aliphatic rings. The van der Waals surface area contributed by atoms with Crippen LogP contribution in [0.15, 0.2) is 35.5 Å². The Morgan fingerprint density at radius 3 is 2.44 bits per heavy atom. The molecule has 0 aliphatic carbocycles. The Kier molecular flexibility index (Phi) is 5.59. The molecule has 1 aromatic heterocycles. The van der Waals surface area contributed by atoms with Gasteiger partial charge < -0.3 is 9.47 Å². The normalized spacial score (nSPS) is 17.0. The quantitative estimate of drug-likeness (QED) is 0.745. The van der Waals surface area contributed by atoms with Crippen LogP contribution in [0.2, 0.25) is 5.02 Å². The molecule has 7 nitrogen and oxygen atoms in total. The number of hydrogen-bond donors (Lipinski definition) is 1. The van der Waals surface area contributed by atoms with E-state index in [2.05, 4.69) is 5.10 Å². The first-order chi connectivity index (χ1) is 11.9. The number of nitrogens with zero attached hydrogens (tertiary/aromatic N) is 4. The average Bonchev–Trinajstić information content (AvgIpc) is 2.96. The first kappa shape index (κ1) is 18.5. The topological polar surface area (TPSA) is 64.6 Å². The summed E-state index contributed by atoms with van der Waals surface area (Å²) in [5.74, 6) is 0. The number of sulfonamides is 1. The maximum Gasteiger partial charge on any atom is 0.243 e. The van der Waals surface area contributed by atoms with Gasteiger partial charge in [0.2, 0.25) is 14.8 Å². The molecule has 0 unspecified atom stereocenters. The summed E-state index contributed by atoms with van der Waals surface area (Å²) >= 11 is 11.2. The van der Waals surface area contributed by atoms with Gasteiger partial charge in [0.05, 0.1) is 31.1 Å². The SMILES string of the molecule is CCn1cnn(C[NH+]2CCN(S(=O)(=O)c3ccc(Cl)cc3)CC2)c1=S. The van der Waals surface area contributed by atoms with E-state index in [-0.39, 0.29) is 4.90 Å². The number of hydrogen-bond acceptors (Lipinski definition) is 4. The number of quaternary nitrogens is 1. The Morgan fingerprint density at radius 1 is 1.24 bits per heavy atom. The van der Waals surface area contributed by atoms with Crippen LogP contribution in [0.5, 0.6) is 0 Å². The van der Waals surface area contributed by atoms with Crippen molar-refractivity contribution in [3.63, 3.8) is 0 Å².